The molecule has 0 unspecified atom stereocenters. The number of aromatic nitrogens is 1. The number of nitroso groups, excluding NO2 is 1. The van der Waals surface area contributed by atoms with E-state index in [1.807, 2.05) is 0 Å². The number of rotatable bonds is 5. The van der Waals surface area contributed by atoms with E-state index in [4.69, 9.17) is 5.11 Å². The van der Waals surface area contributed by atoms with Crippen molar-refractivity contribution < 1.29 is 20.1 Å². The number of nitrogens with zero attached hydrogens (tertiary/aromatic N) is 2. The Morgan fingerprint density at radius 2 is 1.65 bits per heavy atom. The van der Waals surface area contributed by atoms with Gasteiger partial charge in [0.25, 0.3) is 0 Å². The highest BCUT2D eigenvalue weighted by Gasteiger charge is 2.16. The van der Waals surface area contributed by atoms with E-state index < -0.39 is 5.91 Å². The Morgan fingerprint density at radius 1 is 1.00 bits per heavy atom. The first kappa shape index (κ1) is 17.4. The molecular formula is C19H16N2O5. The Morgan fingerprint density at radius 3 is 2.31 bits per heavy atom. The molecule has 1 amide bonds. The number of aromatic hydroxyl groups is 2. The minimum atomic E-state index is -0.902. The summed E-state index contributed by atoms with van der Waals surface area (Å²) in [6, 6.07) is 12.0. The molecule has 3 rings (SSSR count). The van der Waals surface area contributed by atoms with Gasteiger partial charge in [0.05, 0.1) is 13.2 Å². The summed E-state index contributed by atoms with van der Waals surface area (Å²) in [6.45, 7) is 0.194. The maximum absolute atomic E-state index is 10.9. The molecule has 0 radical (unpaired) electrons. The third kappa shape index (κ3) is 3.33. The molecule has 0 saturated carbocycles. The van der Waals surface area contributed by atoms with Crippen LogP contribution in [0.1, 0.15) is 16.7 Å². The summed E-state index contributed by atoms with van der Waals surface area (Å²) in [4.78, 5) is 21.1. The number of fused-ring (bicyclic) bond motifs is 1. The topological polar surface area (TPSA) is 112 Å². The lowest BCUT2D eigenvalue weighted by Crippen LogP contribution is -1.98. The number of amides is 1. The lowest BCUT2D eigenvalue weighted by atomic mass is 10.1. The van der Waals surface area contributed by atoms with Gasteiger partial charge in [-0.2, -0.15) is 0 Å². The number of carbonyl (C=O) groups excluding carboxylic acids is 1. The van der Waals surface area contributed by atoms with Crippen molar-refractivity contribution in [2.75, 3.05) is 0 Å². The number of benzene rings is 2. The standard InChI is InChI=1S/C19H16N2O5/c22-11-14-3-1-13(2-4-14)10-21-18(24)15-7-5-12(6-8-17(23)20-26)9-16(15)19(21)25/h1-9,22,24-25H,10-11H2/b8-6+. The zero-order valence-electron chi connectivity index (χ0n) is 13.7. The molecule has 0 saturated heterocycles. The number of aliphatic hydroxyl groups excluding tert-OH is 1. The molecule has 0 aliphatic rings. The Hall–Kier alpha value is -3.45. The molecule has 3 aromatic rings. The summed E-state index contributed by atoms with van der Waals surface area (Å²) in [5, 5.41) is 33.1. The van der Waals surface area contributed by atoms with E-state index in [1.54, 1.807) is 42.5 Å². The molecule has 7 heteroatoms. The van der Waals surface area contributed by atoms with Crippen molar-refractivity contribution in [3.63, 3.8) is 0 Å². The first-order valence-corrected chi connectivity index (χ1v) is 7.81. The fourth-order valence-electron chi connectivity index (χ4n) is 2.72. The maximum atomic E-state index is 10.9. The SMILES string of the molecule is O=NC(=O)/C=C/c1ccc2c(O)n(Cc3ccc(CO)cc3)c(O)c2c1. The molecule has 2 aromatic carbocycles. The van der Waals surface area contributed by atoms with Crippen LogP contribution in [0.5, 0.6) is 11.8 Å². The first-order chi connectivity index (χ1) is 12.5. The van der Waals surface area contributed by atoms with Gasteiger partial charge in [0.1, 0.15) is 0 Å². The van der Waals surface area contributed by atoms with E-state index in [0.29, 0.717) is 16.3 Å². The van der Waals surface area contributed by atoms with Gasteiger partial charge in [-0.25, -0.2) is 0 Å². The van der Waals surface area contributed by atoms with Crippen LogP contribution >= 0.6 is 0 Å². The molecule has 7 nitrogen and oxygen atoms in total. The Labute approximate surface area is 148 Å². The highest BCUT2D eigenvalue weighted by molar-refractivity contribution is 5.96. The Bertz CT molecular complexity index is 1000. The van der Waals surface area contributed by atoms with Crippen molar-refractivity contribution in [1.29, 1.82) is 0 Å². The molecule has 0 atom stereocenters. The summed E-state index contributed by atoms with van der Waals surface area (Å²) in [5.41, 5.74) is 2.20. The largest absolute Gasteiger partial charge is 0.494 e. The van der Waals surface area contributed by atoms with E-state index in [9.17, 15) is 19.9 Å². The van der Waals surface area contributed by atoms with Crippen molar-refractivity contribution in [2.24, 2.45) is 5.18 Å². The van der Waals surface area contributed by atoms with Crippen LogP contribution in [0.4, 0.5) is 0 Å². The second kappa shape index (κ2) is 7.20. The van der Waals surface area contributed by atoms with Crippen molar-refractivity contribution in [3.8, 4) is 11.8 Å². The third-order valence-corrected chi connectivity index (χ3v) is 4.09. The van der Waals surface area contributed by atoms with Crippen molar-refractivity contribution in [2.45, 2.75) is 13.2 Å². The van der Waals surface area contributed by atoms with Crippen LogP contribution in [0.15, 0.2) is 53.7 Å². The van der Waals surface area contributed by atoms with E-state index in [1.165, 1.54) is 10.6 Å². The highest BCUT2D eigenvalue weighted by Crippen LogP contribution is 2.37. The second-order valence-corrected chi connectivity index (χ2v) is 5.78. The van der Waals surface area contributed by atoms with Gasteiger partial charge in [-0.05, 0) is 34.9 Å². The molecule has 1 aromatic heterocycles. The average molecular weight is 352 g/mol. The molecule has 0 aliphatic carbocycles. The molecule has 0 bridgehead atoms. The van der Waals surface area contributed by atoms with Gasteiger partial charge >= 0.3 is 5.91 Å². The van der Waals surface area contributed by atoms with Gasteiger partial charge in [-0.1, -0.05) is 30.3 Å². The highest BCUT2D eigenvalue weighted by atomic mass is 16.3. The minimum Gasteiger partial charge on any atom is -0.494 e. The van der Waals surface area contributed by atoms with Gasteiger partial charge in [-0.3, -0.25) is 9.36 Å². The first-order valence-electron chi connectivity index (χ1n) is 7.81. The fourth-order valence-corrected chi connectivity index (χ4v) is 2.72. The number of aliphatic hydroxyl groups is 1. The van der Waals surface area contributed by atoms with Crippen LogP contribution < -0.4 is 0 Å². The molecule has 0 fully saturated rings. The zero-order valence-corrected chi connectivity index (χ0v) is 13.7. The van der Waals surface area contributed by atoms with Crippen LogP contribution in [0.25, 0.3) is 16.8 Å². The number of hydrogen-bond acceptors (Lipinski definition) is 5. The van der Waals surface area contributed by atoms with E-state index >= 15 is 0 Å². The van der Waals surface area contributed by atoms with Crippen molar-refractivity contribution in [3.05, 3.63) is 70.1 Å². The van der Waals surface area contributed by atoms with Crippen LogP contribution in [-0.4, -0.2) is 25.8 Å². The zero-order chi connectivity index (χ0) is 18.7. The second-order valence-electron chi connectivity index (χ2n) is 5.78. The Kier molecular flexibility index (Phi) is 4.81. The summed E-state index contributed by atoms with van der Waals surface area (Å²) >= 11 is 0. The number of hydrogen-bond donors (Lipinski definition) is 3. The van der Waals surface area contributed by atoms with Gasteiger partial charge in [0, 0.05) is 22.0 Å². The fraction of sp³-hybridized carbons (Fsp3) is 0.105. The summed E-state index contributed by atoms with van der Waals surface area (Å²) in [5.74, 6) is -1.09. The predicted octanol–water partition coefficient (Wildman–Crippen LogP) is 2.90. The normalized spacial score (nSPS) is 11.3. The monoisotopic (exact) mass is 352 g/mol. The van der Waals surface area contributed by atoms with Gasteiger partial charge in [0.15, 0.2) is 0 Å². The lowest BCUT2D eigenvalue weighted by molar-refractivity contribution is -0.113. The van der Waals surface area contributed by atoms with Crippen molar-refractivity contribution in [1.82, 2.24) is 4.57 Å². The third-order valence-electron chi connectivity index (χ3n) is 4.09. The molecule has 3 N–H and O–H groups in total. The van der Waals surface area contributed by atoms with Crippen molar-refractivity contribution >= 4 is 22.8 Å². The lowest BCUT2D eigenvalue weighted by Gasteiger charge is -2.07. The quantitative estimate of drug-likeness (QED) is 0.483. The van der Waals surface area contributed by atoms with Gasteiger partial charge < -0.3 is 15.3 Å². The van der Waals surface area contributed by atoms with E-state index in [2.05, 4.69) is 5.18 Å². The smallest absolute Gasteiger partial charge is 0.309 e. The van der Waals surface area contributed by atoms with E-state index in [-0.39, 0.29) is 24.9 Å². The molecule has 0 spiro atoms. The van der Waals surface area contributed by atoms with Crippen LogP contribution in [0.3, 0.4) is 0 Å². The summed E-state index contributed by atoms with van der Waals surface area (Å²) in [7, 11) is 0. The molecule has 1 heterocycles. The van der Waals surface area contributed by atoms with Crippen LogP contribution in [0, 0.1) is 4.91 Å². The average Bonchev–Trinajstić information content (AvgIpc) is 2.91. The van der Waals surface area contributed by atoms with Gasteiger partial charge in [-0.15, -0.1) is 4.91 Å². The maximum Gasteiger partial charge on any atom is 0.309 e. The van der Waals surface area contributed by atoms with Gasteiger partial charge in [0.2, 0.25) is 11.8 Å². The molecule has 26 heavy (non-hydrogen) atoms. The summed E-state index contributed by atoms with van der Waals surface area (Å²) < 4.78 is 1.37. The molecule has 0 aliphatic heterocycles. The Balaban J connectivity index is 1.97. The van der Waals surface area contributed by atoms with Crippen LogP contribution in [-0.2, 0) is 17.9 Å². The number of carbonyl (C=O) groups is 1. The minimum absolute atomic E-state index is 0.0530. The molecular weight excluding hydrogens is 336 g/mol. The predicted molar refractivity (Wildman–Crippen MR) is 96.6 cm³/mol. The van der Waals surface area contributed by atoms with E-state index in [0.717, 1.165) is 17.2 Å². The summed E-state index contributed by atoms with van der Waals surface area (Å²) in [6.07, 6.45) is 2.44. The van der Waals surface area contributed by atoms with Crippen LogP contribution in [0.2, 0.25) is 0 Å². The molecule has 132 valence electrons.